The van der Waals surface area contributed by atoms with Crippen molar-refractivity contribution in [1.29, 1.82) is 0 Å². The van der Waals surface area contributed by atoms with Crippen molar-refractivity contribution in [3.05, 3.63) is 77.7 Å². The first-order valence-electron chi connectivity index (χ1n) is 11.5. The second kappa shape index (κ2) is 8.87. The Kier molecular flexibility index (Phi) is 5.43. The van der Waals surface area contributed by atoms with Crippen LogP contribution >= 0.6 is 11.3 Å². The van der Waals surface area contributed by atoms with Crippen molar-refractivity contribution in [2.75, 3.05) is 31.1 Å². The molecule has 0 bridgehead atoms. The quantitative estimate of drug-likeness (QED) is 0.394. The van der Waals surface area contributed by atoms with Gasteiger partial charge in [0, 0.05) is 31.6 Å². The number of carbonyl (C=O) groups is 1. The molecule has 0 atom stereocenters. The van der Waals surface area contributed by atoms with E-state index in [4.69, 9.17) is 4.98 Å². The molecule has 3 aromatic heterocycles. The van der Waals surface area contributed by atoms with E-state index in [0.717, 1.165) is 58.3 Å². The summed E-state index contributed by atoms with van der Waals surface area (Å²) in [4.78, 5) is 23.4. The van der Waals surface area contributed by atoms with E-state index in [1.165, 1.54) is 0 Å². The summed E-state index contributed by atoms with van der Waals surface area (Å²) in [6, 6.07) is 22.1. The van der Waals surface area contributed by atoms with Crippen molar-refractivity contribution in [1.82, 2.24) is 24.5 Å². The lowest BCUT2D eigenvalue weighted by Crippen LogP contribution is -2.36. The molecule has 6 rings (SSSR count). The second-order valence-corrected chi connectivity index (χ2v) is 9.42. The van der Waals surface area contributed by atoms with Gasteiger partial charge in [0.1, 0.15) is 0 Å². The fourth-order valence-corrected chi connectivity index (χ4v) is 5.29. The molecule has 0 saturated carbocycles. The van der Waals surface area contributed by atoms with Crippen LogP contribution in [0.5, 0.6) is 0 Å². The van der Waals surface area contributed by atoms with E-state index in [2.05, 4.69) is 25.6 Å². The molecule has 1 amide bonds. The molecule has 0 spiro atoms. The molecule has 1 aliphatic heterocycles. The highest BCUT2D eigenvalue weighted by Crippen LogP contribution is 2.30. The third-order valence-corrected chi connectivity index (χ3v) is 7.17. The Bertz CT molecular complexity index is 1450. The minimum absolute atomic E-state index is 0.174. The highest BCUT2D eigenvalue weighted by Gasteiger charge is 2.24. The van der Waals surface area contributed by atoms with Crippen LogP contribution in [0.15, 0.2) is 72.1 Å². The maximum absolute atomic E-state index is 13.0. The Hall–Kier alpha value is -3.78. The molecule has 2 aromatic carbocycles. The minimum Gasteiger partial charge on any atom is -0.341 e. The first-order valence-corrected chi connectivity index (χ1v) is 12.4. The molecule has 1 saturated heterocycles. The summed E-state index contributed by atoms with van der Waals surface area (Å²) >= 11 is 1.64. The number of anilines is 1. The van der Waals surface area contributed by atoms with Gasteiger partial charge in [0.05, 0.1) is 16.8 Å². The van der Waals surface area contributed by atoms with Crippen molar-refractivity contribution in [3.63, 3.8) is 0 Å². The highest BCUT2D eigenvalue weighted by atomic mass is 32.1. The molecular formula is C26H24N6OS. The molecule has 8 heteroatoms. The number of fused-ring (bicyclic) bond motifs is 3. The molecule has 0 aliphatic carbocycles. The Morgan fingerprint density at radius 3 is 2.59 bits per heavy atom. The zero-order valence-corrected chi connectivity index (χ0v) is 19.5. The van der Waals surface area contributed by atoms with Crippen LogP contribution in [0.2, 0.25) is 0 Å². The number of nitrogens with zero attached hydrogens (tertiary/aromatic N) is 6. The number of hydrogen-bond acceptors (Lipinski definition) is 6. The van der Waals surface area contributed by atoms with Crippen LogP contribution in [-0.2, 0) is 11.2 Å². The van der Waals surface area contributed by atoms with Gasteiger partial charge in [0.15, 0.2) is 11.5 Å². The highest BCUT2D eigenvalue weighted by molar-refractivity contribution is 7.13. The van der Waals surface area contributed by atoms with Gasteiger partial charge in [-0.15, -0.1) is 21.5 Å². The molecule has 0 N–H and O–H groups in total. The normalized spacial score (nSPS) is 14.6. The average Bonchev–Trinajstić information content (AvgIpc) is 3.49. The van der Waals surface area contributed by atoms with Crippen molar-refractivity contribution >= 4 is 39.7 Å². The van der Waals surface area contributed by atoms with Crippen LogP contribution in [0, 0.1) is 0 Å². The van der Waals surface area contributed by atoms with E-state index < -0.39 is 0 Å². The van der Waals surface area contributed by atoms with Gasteiger partial charge in [-0.3, -0.25) is 4.79 Å². The van der Waals surface area contributed by atoms with Crippen LogP contribution in [0.1, 0.15) is 12.0 Å². The summed E-state index contributed by atoms with van der Waals surface area (Å²) in [5.41, 5.74) is 2.76. The van der Waals surface area contributed by atoms with Crippen LogP contribution < -0.4 is 4.90 Å². The summed E-state index contributed by atoms with van der Waals surface area (Å²) in [5.74, 6) is 1.81. The third kappa shape index (κ3) is 3.80. The monoisotopic (exact) mass is 468 g/mol. The number of carbonyl (C=O) groups excluding carboxylic acids is 1. The SMILES string of the molecule is O=C(Cc1ccccc1)N1CCCN(c2nc3ccccc3c3nnc(-c4cccs4)n23)CC1. The van der Waals surface area contributed by atoms with Crippen molar-refractivity contribution in [3.8, 4) is 10.7 Å². The van der Waals surface area contributed by atoms with Gasteiger partial charge in [0.25, 0.3) is 0 Å². The van der Waals surface area contributed by atoms with E-state index in [1.54, 1.807) is 11.3 Å². The number of hydrogen-bond donors (Lipinski definition) is 0. The first-order chi connectivity index (χ1) is 16.8. The van der Waals surface area contributed by atoms with Gasteiger partial charge < -0.3 is 9.80 Å². The molecule has 4 heterocycles. The Morgan fingerprint density at radius 2 is 1.74 bits per heavy atom. The van der Waals surface area contributed by atoms with Crippen LogP contribution in [0.4, 0.5) is 5.95 Å². The predicted octanol–water partition coefficient (Wildman–Crippen LogP) is 4.29. The lowest BCUT2D eigenvalue weighted by molar-refractivity contribution is -0.130. The van der Waals surface area contributed by atoms with Gasteiger partial charge in [-0.05, 0) is 35.6 Å². The van der Waals surface area contributed by atoms with Gasteiger partial charge in [-0.25, -0.2) is 9.38 Å². The standard InChI is InChI=1S/C26H24N6OS/c33-23(18-19-8-2-1-3-9-19)30-13-7-14-31(16-15-30)26-27-21-11-5-4-10-20(21)24-28-29-25(32(24)26)22-12-6-17-34-22/h1-6,8-12,17H,7,13-16,18H2. The average molecular weight is 469 g/mol. The third-order valence-electron chi connectivity index (χ3n) is 6.30. The molecule has 5 aromatic rings. The second-order valence-electron chi connectivity index (χ2n) is 8.47. The first kappa shape index (κ1) is 20.8. The zero-order valence-electron chi connectivity index (χ0n) is 18.7. The number of para-hydroxylation sites is 1. The zero-order chi connectivity index (χ0) is 22.9. The van der Waals surface area contributed by atoms with Crippen LogP contribution in [0.3, 0.4) is 0 Å². The van der Waals surface area contributed by atoms with E-state index in [1.807, 2.05) is 70.9 Å². The van der Waals surface area contributed by atoms with Crippen LogP contribution in [-0.4, -0.2) is 56.6 Å². The Labute approximate surface area is 201 Å². The van der Waals surface area contributed by atoms with Crippen molar-refractivity contribution < 1.29 is 4.79 Å². The summed E-state index contributed by atoms with van der Waals surface area (Å²) < 4.78 is 2.08. The fourth-order valence-electron chi connectivity index (χ4n) is 4.59. The molecule has 7 nitrogen and oxygen atoms in total. The molecule has 1 fully saturated rings. The molecule has 0 unspecified atom stereocenters. The summed E-state index contributed by atoms with van der Waals surface area (Å²) in [6.07, 6.45) is 1.32. The largest absolute Gasteiger partial charge is 0.341 e. The fraction of sp³-hybridized carbons (Fsp3) is 0.231. The van der Waals surface area contributed by atoms with E-state index in [9.17, 15) is 4.79 Å². The number of amides is 1. The minimum atomic E-state index is 0.174. The maximum atomic E-state index is 13.0. The number of aromatic nitrogens is 4. The topological polar surface area (TPSA) is 66.6 Å². The Balaban J connectivity index is 1.34. The predicted molar refractivity (Wildman–Crippen MR) is 135 cm³/mol. The van der Waals surface area contributed by atoms with E-state index in [-0.39, 0.29) is 5.91 Å². The Morgan fingerprint density at radius 1 is 0.882 bits per heavy atom. The number of benzene rings is 2. The summed E-state index contributed by atoms with van der Waals surface area (Å²) in [6.45, 7) is 2.94. The lowest BCUT2D eigenvalue weighted by Gasteiger charge is -2.24. The van der Waals surface area contributed by atoms with Gasteiger partial charge in [0.2, 0.25) is 11.9 Å². The molecule has 170 valence electrons. The smallest absolute Gasteiger partial charge is 0.227 e. The van der Waals surface area contributed by atoms with Crippen molar-refractivity contribution in [2.45, 2.75) is 12.8 Å². The van der Waals surface area contributed by atoms with Gasteiger partial charge >= 0.3 is 0 Å². The number of thiophene rings is 1. The molecule has 1 aliphatic rings. The van der Waals surface area contributed by atoms with E-state index in [0.29, 0.717) is 19.5 Å². The summed E-state index contributed by atoms with van der Waals surface area (Å²) in [5, 5.41) is 12.1. The molecular weight excluding hydrogens is 444 g/mol. The van der Waals surface area contributed by atoms with E-state index >= 15 is 0 Å². The molecule has 34 heavy (non-hydrogen) atoms. The maximum Gasteiger partial charge on any atom is 0.227 e. The van der Waals surface area contributed by atoms with Crippen LogP contribution in [0.25, 0.3) is 27.3 Å². The molecule has 0 radical (unpaired) electrons. The van der Waals surface area contributed by atoms with Gasteiger partial charge in [-0.1, -0.05) is 48.5 Å². The summed E-state index contributed by atoms with van der Waals surface area (Å²) in [7, 11) is 0. The van der Waals surface area contributed by atoms with Gasteiger partial charge in [-0.2, -0.15) is 0 Å². The van der Waals surface area contributed by atoms with Crippen molar-refractivity contribution in [2.24, 2.45) is 0 Å². The number of rotatable bonds is 4. The lowest BCUT2D eigenvalue weighted by atomic mass is 10.1.